The van der Waals surface area contributed by atoms with Crippen LogP contribution in [0.2, 0.25) is 0 Å². The number of nitrogens with zero attached hydrogens (tertiary/aromatic N) is 2. The van der Waals surface area contributed by atoms with Gasteiger partial charge in [0.1, 0.15) is 0 Å². The summed E-state index contributed by atoms with van der Waals surface area (Å²) in [6.45, 7) is 7.27. The van der Waals surface area contributed by atoms with Gasteiger partial charge in [-0.05, 0) is 60.2 Å². The highest BCUT2D eigenvalue weighted by molar-refractivity contribution is 6.14. The van der Waals surface area contributed by atoms with Crippen molar-refractivity contribution in [3.63, 3.8) is 0 Å². The number of allylic oxidation sites excluding steroid dienone is 1. The van der Waals surface area contributed by atoms with E-state index < -0.39 is 23.5 Å². The highest BCUT2D eigenvalue weighted by Gasteiger charge is 2.43. The largest absolute Gasteiger partial charge is 0.503 e. The summed E-state index contributed by atoms with van der Waals surface area (Å²) in [6, 6.07) is 17.6. The van der Waals surface area contributed by atoms with Gasteiger partial charge in [-0.1, -0.05) is 62.4 Å². The number of aliphatic hydroxyl groups is 1. The maximum Gasteiger partial charge on any atom is 0.290 e. The predicted molar refractivity (Wildman–Crippen MR) is 150 cm³/mol. The zero-order chi connectivity index (χ0) is 27.8. The van der Waals surface area contributed by atoms with E-state index in [1.165, 1.54) is 11.0 Å². The molecule has 0 fully saturated rings. The number of hydrogen-bond acceptors (Lipinski definition) is 6. The minimum Gasteiger partial charge on any atom is -0.503 e. The van der Waals surface area contributed by atoms with Crippen LogP contribution in [0.3, 0.4) is 0 Å². The van der Waals surface area contributed by atoms with E-state index in [1.807, 2.05) is 49.4 Å². The summed E-state index contributed by atoms with van der Waals surface area (Å²) in [5.74, 6) is -0.00748. The first-order valence-corrected chi connectivity index (χ1v) is 13.2. The standard InChI is InChI=1S/C32H34N2O5/c1-4-38-28-19-25(13-15-27(28)39-18-16-22(2)3)30-29(26(35)14-12-23-9-6-5-7-10-23)31(36)32(37)34(30)21-24-11-8-17-33-20-24/h5-15,17,19-20,22,30,36H,4,16,18,21H2,1-3H3/b14-12+. The highest BCUT2D eigenvalue weighted by atomic mass is 16.5. The molecule has 0 saturated carbocycles. The van der Waals surface area contributed by atoms with Gasteiger partial charge in [0.05, 0.1) is 24.8 Å². The van der Waals surface area contributed by atoms with E-state index in [2.05, 4.69) is 18.8 Å². The quantitative estimate of drug-likeness (QED) is 0.288. The van der Waals surface area contributed by atoms with E-state index in [4.69, 9.17) is 9.47 Å². The molecular formula is C32H34N2O5. The molecule has 0 saturated heterocycles. The summed E-state index contributed by atoms with van der Waals surface area (Å²) < 4.78 is 11.9. The Balaban J connectivity index is 1.73. The van der Waals surface area contributed by atoms with Gasteiger partial charge >= 0.3 is 0 Å². The first-order chi connectivity index (χ1) is 18.9. The molecule has 4 rings (SSSR count). The lowest BCUT2D eigenvalue weighted by molar-refractivity contribution is -0.130. The van der Waals surface area contributed by atoms with Gasteiger partial charge in [0, 0.05) is 18.9 Å². The molecule has 1 amide bonds. The first kappa shape index (κ1) is 27.6. The van der Waals surface area contributed by atoms with Crippen molar-refractivity contribution in [2.24, 2.45) is 5.92 Å². The number of benzene rings is 2. The van der Waals surface area contributed by atoms with Gasteiger partial charge in [-0.2, -0.15) is 0 Å². The van der Waals surface area contributed by atoms with E-state index in [1.54, 1.807) is 36.7 Å². The van der Waals surface area contributed by atoms with Gasteiger partial charge in [-0.3, -0.25) is 14.6 Å². The number of aromatic nitrogens is 1. The number of aliphatic hydroxyl groups excluding tert-OH is 1. The first-order valence-electron chi connectivity index (χ1n) is 13.2. The molecule has 0 radical (unpaired) electrons. The summed E-state index contributed by atoms with van der Waals surface area (Å²) in [6.07, 6.45) is 7.27. The second-order valence-corrected chi connectivity index (χ2v) is 9.74. The molecule has 1 aromatic heterocycles. The third kappa shape index (κ3) is 6.74. The lowest BCUT2D eigenvalue weighted by Gasteiger charge is -2.27. The van der Waals surface area contributed by atoms with Gasteiger partial charge in [0.2, 0.25) is 0 Å². The summed E-state index contributed by atoms with van der Waals surface area (Å²) in [7, 11) is 0. The van der Waals surface area contributed by atoms with Crippen LogP contribution < -0.4 is 9.47 Å². The number of rotatable bonds is 12. The average Bonchev–Trinajstić information content (AvgIpc) is 3.18. The zero-order valence-electron chi connectivity index (χ0n) is 22.5. The molecule has 0 aliphatic carbocycles. The van der Waals surface area contributed by atoms with Crippen LogP contribution in [0.25, 0.3) is 6.08 Å². The fourth-order valence-corrected chi connectivity index (χ4v) is 4.42. The number of ether oxygens (including phenoxy) is 2. The molecule has 1 unspecified atom stereocenters. The normalized spacial score (nSPS) is 15.4. The molecule has 1 N–H and O–H groups in total. The predicted octanol–water partition coefficient (Wildman–Crippen LogP) is 6.08. The van der Waals surface area contributed by atoms with Crippen molar-refractivity contribution in [3.05, 3.63) is 107 Å². The molecule has 2 aromatic carbocycles. The van der Waals surface area contributed by atoms with E-state index in [0.29, 0.717) is 36.2 Å². The Bertz CT molecular complexity index is 1350. The average molecular weight is 527 g/mol. The molecular weight excluding hydrogens is 492 g/mol. The summed E-state index contributed by atoms with van der Waals surface area (Å²) in [5.41, 5.74) is 2.26. The van der Waals surface area contributed by atoms with Gasteiger partial charge in [0.25, 0.3) is 5.91 Å². The molecule has 7 nitrogen and oxygen atoms in total. The molecule has 2 heterocycles. The topological polar surface area (TPSA) is 89.0 Å². The van der Waals surface area contributed by atoms with Crippen LogP contribution in [0, 0.1) is 5.92 Å². The molecule has 202 valence electrons. The molecule has 1 aliphatic heterocycles. The van der Waals surface area contributed by atoms with Crippen molar-refractivity contribution in [2.45, 2.75) is 39.8 Å². The van der Waals surface area contributed by atoms with Crippen LogP contribution in [0.5, 0.6) is 11.5 Å². The Morgan fingerprint density at radius 2 is 1.87 bits per heavy atom. The lowest BCUT2D eigenvalue weighted by Crippen LogP contribution is -2.30. The minimum absolute atomic E-state index is 0.0204. The number of hydrogen-bond donors (Lipinski definition) is 1. The molecule has 7 heteroatoms. The number of carbonyl (C=O) groups excluding carboxylic acids is 2. The molecule has 1 atom stereocenters. The van der Waals surface area contributed by atoms with Gasteiger partial charge in [0.15, 0.2) is 23.0 Å². The smallest absolute Gasteiger partial charge is 0.290 e. The number of ketones is 1. The second-order valence-electron chi connectivity index (χ2n) is 9.74. The van der Waals surface area contributed by atoms with E-state index in [9.17, 15) is 14.7 Å². The Morgan fingerprint density at radius 3 is 2.56 bits per heavy atom. The number of amides is 1. The summed E-state index contributed by atoms with van der Waals surface area (Å²) in [4.78, 5) is 32.5. The number of pyridine rings is 1. The Kier molecular flexibility index (Phi) is 9.15. The lowest BCUT2D eigenvalue weighted by atomic mass is 9.95. The van der Waals surface area contributed by atoms with Gasteiger partial charge < -0.3 is 19.5 Å². The van der Waals surface area contributed by atoms with Crippen LogP contribution in [0.4, 0.5) is 0 Å². The van der Waals surface area contributed by atoms with Crippen molar-refractivity contribution >= 4 is 17.8 Å². The van der Waals surface area contributed by atoms with E-state index in [-0.39, 0.29) is 12.1 Å². The van der Waals surface area contributed by atoms with E-state index in [0.717, 1.165) is 17.5 Å². The third-order valence-corrected chi connectivity index (χ3v) is 6.41. The molecule has 0 bridgehead atoms. The molecule has 0 spiro atoms. The second kappa shape index (κ2) is 12.9. The SMILES string of the molecule is CCOc1cc(C2C(C(=O)/C=C/c3ccccc3)=C(O)C(=O)N2Cc2cccnc2)ccc1OCCC(C)C. The van der Waals surface area contributed by atoms with Crippen molar-refractivity contribution in [1.82, 2.24) is 9.88 Å². The van der Waals surface area contributed by atoms with Gasteiger partial charge in [-0.15, -0.1) is 0 Å². The maximum absolute atomic E-state index is 13.5. The Morgan fingerprint density at radius 1 is 1.08 bits per heavy atom. The van der Waals surface area contributed by atoms with Crippen LogP contribution in [-0.4, -0.2) is 39.9 Å². The monoisotopic (exact) mass is 526 g/mol. The van der Waals surface area contributed by atoms with Gasteiger partial charge in [-0.25, -0.2) is 0 Å². The third-order valence-electron chi connectivity index (χ3n) is 6.41. The summed E-state index contributed by atoms with van der Waals surface area (Å²) >= 11 is 0. The molecule has 3 aromatic rings. The van der Waals surface area contributed by atoms with Crippen LogP contribution >= 0.6 is 0 Å². The van der Waals surface area contributed by atoms with Crippen LogP contribution in [0.15, 0.2) is 90.5 Å². The van der Waals surface area contributed by atoms with Crippen molar-refractivity contribution in [2.75, 3.05) is 13.2 Å². The number of carbonyl (C=O) groups is 2. The summed E-state index contributed by atoms with van der Waals surface area (Å²) in [5, 5.41) is 11.0. The fourth-order valence-electron chi connectivity index (χ4n) is 4.42. The zero-order valence-corrected chi connectivity index (χ0v) is 22.5. The Labute approximate surface area is 229 Å². The van der Waals surface area contributed by atoms with Crippen molar-refractivity contribution < 1.29 is 24.2 Å². The molecule has 39 heavy (non-hydrogen) atoms. The fraction of sp³-hybridized carbons (Fsp3) is 0.281. The minimum atomic E-state index is -0.824. The highest BCUT2D eigenvalue weighted by Crippen LogP contribution is 2.42. The van der Waals surface area contributed by atoms with Crippen LogP contribution in [0.1, 0.15) is 49.9 Å². The van der Waals surface area contributed by atoms with Crippen molar-refractivity contribution in [1.29, 1.82) is 0 Å². The maximum atomic E-state index is 13.5. The Hall–Kier alpha value is -4.39. The van der Waals surface area contributed by atoms with Crippen molar-refractivity contribution in [3.8, 4) is 11.5 Å². The van der Waals surface area contributed by atoms with E-state index >= 15 is 0 Å². The van der Waals surface area contributed by atoms with Crippen LogP contribution in [-0.2, 0) is 16.1 Å². The molecule has 1 aliphatic rings.